The van der Waals surface area contributed by atoms with Crippen molar-refractivity contribution in [2.45, 2.75) is 11.8 Å². The van der Waals surface area contributed by atoms with E-state index < -0.39 is 28.4 Å². The van der Waals surface area contributed by atoms with Gasteiger partial charge in [0.25, 0.3) is 10.0 Å². The lowest BCUT2D eigenvalue weighted by molar-refractivity contribution is -0.114. The van der Waals surface area contributed by atoms with Gasteiger partial charge in [-0.2, -0.15) is 0 Å². The summed E-state index contributed by atoms with van der Waals surface area (Å²) in [5, 5.41) is 2.64. The Morgan fingerprint density at radius 2 is 1.56 bits per heavy atom. The lowest BCUT2D eigenvalue weighted by Gasteiger charge is -2.24. The summed E-state index contributed by atoms with van der Waals surface area (Å²) in [6.07, 6.45) is 0. The number of sulfonamides is 1. The molecule has 0 fully saturated rings. The SMILES string of the molecule is CCOc1ccc(N(CC(=O)Nc2ccc(C(N)=O)cc2)S(=O)(=O)c2ccccc2)cc1. The van der Waals surface area contributed by atoms with Crippen molar-refractivity contribution in [1.29, 1.82) is 0 Å². The molecule has 8 nitrogen and oxygen atoms in total. The molecule has 0 heterocycles. The fourth-order valence-corrected chi connectivity index (χ4v) is 4.40. The van der Waals surface area contributed by atoms with E-state index in [0.717, 1.165) is 4.31 Å². The number of hydrogen-bond acceptors (Lipinski definition) is 5. The van der Waals surface area contributed by atoms with Gasteiger partial charge < -0.3 is 15.8 Å². The normalized spacial score (nSPS) is 10.9. The Bertz CT molecular complexity index is 1180. The summed E-state index contributed by atoms with van der Waals surface area (Å²) < 4.78 is 33.1. The quantitative estimate of drug-likeness (QED) is 0.516. The number of nitrogens with zero attached hydrogens (tertiary/aromatic N) is 1. The van der Waals surface area contributed by atoms with Gasteiger partial charge in [0.15, 0.2) is 0 Å². The maximum Gasteiger partial charge on any atom is 0.264 e. The van der Waals surface area contributed by atoms with E-state index in [-0.39, 0.29) is 4.90 Å². The summed E-state index contributed by atoms with van der Waals surface area (Å²) in [4.78, 5) is 24.0. The first kappa shape index (κ1) is 22.8. The lowest BCUT2D eigenvalue weighted by atomic mass is 10.2. The first-order valence-electron chi connectivity index (χ1n) is 9.81. The summed E-state index contributed by atoms with van der Waals surface area (Å²) >= 11 is 0. The molecule has 0 atom stereocenters. The smallest absolute Gasteiger partial charge is 0.264 e. The summed E-state index contributed by atoms with van der Waals surface area (Å²) in [5.74, 6) is -0.545. The highest BCUT2D eigenvalue weighted by Crippen LogP contribution is 2.26. The number of anilines is 2. The van der Waals surface area contributed by atoms with Crippen molar-refractivity contribution >= 4 is 33.2 Å². The maximum absolute atomic E-state index is 13.3. The number of nitrogens with one attached hydrogen (secondary N) is 1. The molecule has 166 valence electrons. The highest BCUT2D eigenvalue weighted by atomic mass is 32.2. The van der Waals surface area contributed by atoms with Crippen molar-refractivity contribution in [3.63, 3.8) is 0 Å². The van der Waals surface area contributed by atoms with Crippen LogP contribution in [0, 0.1) is 0 Å². The molecule has 0 radical (unpaired) electrons. The van der Waals surface area contributed by atoms with Gasteiger partial charge >= 0.3 is 0 Å². The van der Waals surface area contributed by atoms with Crippen LogP contribution in [-0.2, 0) is 14.8 Å². The molecule has 0 unspecified atom stereocenters. The fourth-order valence-electron chi connectivity index (χ4n) is 2.96. The van der Waals surface area contributed by atoms with Crippen LogP contribution < -0.4 is 20.1 Å². The predicted molar refractivity (Wildman–Crippen MR) is 122 cm³/mol. The molecule has 32 heavy (non-hydrogen) atoms. The summed E-state index contributed by atoms with van der Waals surface area (Å²) in [6.45, 7) is 1.87. The van der Waals surface area contributed by atoms with Crippen molar-refractivity contribution < 1.29 is 22.7 Å². The van der Waals surface area contributed by atoms with Crippen LogP contribution in [0.5, 0.6) is 5.75 Å². The van der Waals surface area contributed by atoms with Crippen molar-refractivity contribution in [1.82, 2.24) is 0 Å². The second kappa shape index (κ2) is 9.97. The molecule has 3 rings (SSSR count). The minimum absolute atomic E-state index is 0.0625. The molecule has 9 heteroatoms. The van der Waals surface area contributed by atoms with Crippen LogP contribution in [0.3, 0.4) is 0 Å². The molecular formula is C23H23N3O5S. The predicted octanol–water partition coefficient (Wildman–Crippen LogP) is 3.02. The van der Waals surface area contributed by atoms with Crippen molar-refractivity contribution in [3.8, 4) is 5.75 Å². The number of benzene rings is 3. The monoisotopic (exact) mass is 453 g/mol. The first-order valence-corrected chi connectivity index (χ1v) is 11.3. The number of carbonyl (C=O) groups is 2. The molecule has 3 N–H and O–H groups in total. The molecule has 0 aliphatic rings. The zero-order valence-electron chi connectivity index (χ0n) is 17.4. The van der Waals surface area contributed by atoms with Crippen molar-refractivity contribution in [3.05, 3.63) is 84.4 Å². The maximum atomic E-state index is 13.3. The molecule has 0 saturated heterocycles. The van der Waals surface area contributed by atoms with Crippen LogP contribution in [0.15, 0.2) is 83.8 Å². The van der Waals surface area contributed by atoms with E-state index >= 15 is 0 Å². The average Bonchev–Trinajstić information content (AvgIpc) is 2.79. The van der Waals surface area contributed by atoms with E-state index in [4.69, 9.17) is 10.5 Å². The van der Waals surface area contributed by atoms with Crippen LogP contribution in [0.4, 0.5) is 11.4 Å². The van der Waals surface area contributed by atoms with Gasteiger partial charge in [-0.3, -0.25) is 13.9 Å². The topological polar surface area (TPSA) is 119 Å². The Labute approximate surface area is 186 Å². The first-order chi connectivity index (χ1) is 15.3. The van der Waals surface area contributed by atoms with E-state index in [1.54, 1.807) is 42.5 Å². The standard InChI is InChI=1S/C23H23N3O5S/c1-2-31-20-14-12-19(13-15-20)26(32(29,30)21-6-4-3-5-7-21)16-22(27)25-18-10-8-17(9-11-18)23(24)28/h3-15H,2,16H2,1H3,(H2,24,28)(H,25,27). The number of nitrogens with two attached hydrogens (primary N) is 1. The van der Waals surface area contributed by atoms with Crippen LogP contribution in [0.25, 0.3) is 0 Å². The highest BCUT2D eigenvalue weighted by molar-refractivity contribution is 7.92. The van der Waals surface area contributed by atoms with E-state index in [1.807, 2.05) is 6.92 Å². The van der Waals surface area contributed by atoms with Gasteiger partial charge in [0.1, 0.15) is 12.3 Å². The third-order valence-electron chi connectivity index (χ3n) is 4.51. The van der Waals surface area contributed by atoms with Gasteiger partial charge in [0, 0.05) is 11.3 Å². The third kappa shape index (κ3) is 5.44. The number of ether oxygens (including phenoxy) is 1. The second-order valence-electron chi connectivity index (χ2n) is 6.74. The van der Waals surface area contributed by atoms with Gasteiger partial charge in [-0.25, -0.2) is 8.42 Å². The van der Waals surface area contributed by atoms with E-state index in [9.17, 15) is 18.0 Å². The fraction of sp³-hybridized carbons (Fsp3) is 0.130. The number of carbonyl (C=O) groups excluding carboxylic acids is 2. The van der Waals surface area contributed by atoms with Crippen LogP contribution in [0.1, 0.15) is 17.3 Å². The molecule has 0 bridgehead atoms. The van der Waals surface area contributed by atoms with Crippen LogP contribution >= 0.6 is 0 Å². The lowest BCUT2D eigenvalue weighted by Crippen LogP contribution is -2.38. The van der Waals surface area contributed by atoms with Crippen molar-refractivity contribution in [2.24, 2.45) is 5.73 Å². The van der Waals surface area contributed by atoms with E-state index in [2.05, 4.69) is 5.32 Å². The summed E-state index contributed by atoms with van der Waals surface area (Å²) in [7, 11) is -4.01. The van der Waals surface area contributed by atoms with Gasteiger partial charge in [-0.1, -0.05) is 18.2 Å². The Morgan fingerprint density at radius 3 is 2.12 bits per heavy atom. The number of amides is 2. The van der Waals surface area contributed by atoms with Crippen LogP contribution in [0.2, 0.25) is 0 Å². The molecule has 0 saturated carbocycles. The Hall–Kier alpha value is -3.85. The van der Waals surface area contributed by atoms with Crippen LogP contribution in [-0.4, -0.2) is 33.4 Å². The molecule has 3 aromatic rings. The third-order valence-corrected chi connectivity index (χ3v) is 6.30. The molecule has 0 spiro atoms. The number of primary amides is 1. The Morgan fingerprint density at radius 1 is 0.938 bits per heavy atom. The van der Waals surface area contributed by atoms with E-state index in [1.165, 1.54) is 36.4 Å². The molecular weight excluding hydrogens is 430 g/mol. The van der Waals surface area contributed by atoms with E-state index in [0.29, 0.717) is 29.3 Å². The minimum atomic E-state index is -4.01. The van der Waals surface area contributed by atoms with Gasteiger partial charge in [-0.15, -0.1) is 0 Å². The second-order valence-corrected chi connectivity index (χ2v) is 8.60. The zero-order chi connectivity index (χ0) is 23.1. The van der Waals surface area contributed by atoms with Gasteiger partial charge in [0.05, 0.1) is 17.2 Å². The number of hydrogen-bond donors (Lipinski definition) is 2. The average molecular weight is 454 g/mol. The largest absolute Gasteiger partial charge is 0.494 e. The van der Waals surface area contributed by atoms with Crippen molar-refractivity contribution in [2.75, 3.05) is 22.8 Å². The number of rotatable bonds is 9. The van der Waals surface area contributed by atoms with Gasteiger partial charge in [-0.05, 0) is 67.6 Å². The Kier molecular flexibility index (Phi) is 7.11. The summed E-state index contributed by atoms with van der Waals surface area (Å²) in [5.41, 5.74) is 6.24. The minimum Gasteiger partial charge on any atom is -0.494 e. The molecule has 0 aromatic heterocycles. The van der Waals surface area contributed by atoms with Gasteiger partial charge in [0.2, 0.25) is 11.8 Å². The molecule has 2 amide bonds. The Balaban J connectivity index is 1.88. The molecule has 3 aromatic carbocycles. The molecule has 0 aliphatic carbocycles. The summed E-state index contributed by atoms with van der Waals surface area (Å²) in [6, 6.07) is 20.3. The zero-order valence-corrected chi connectivity index (χ0v) is 18.2. The highest BCUT2D eigenvalue weighted by Gasteiger charge is 2.27. The molecule has 0 aliphatic heterocycles.